The van der Waals surface area contributed by atoms with Crippen molar-refractivity contribution in [1.29, 1.82) is 0 Å². The number of hydrogen-bond acceptors (Lipinski definition) is 3. The van der Waals surface area contributed by atoms with Crippen LogP contribution in [0.1, 0.15) is 52.0 Å². The minimum Gasteiger partial charge on any atom is -0.374 e. The monoisotopic (exact) mass is 318 g/mol. The summed E-state index contributed by atoms with van der Waals surface area (Å²) in [6, 6.07) is 7.72. The number of amides is 1. The Morgan fingerprint density at radius 1 is 1.39 bits per heavy atom. The summed E-state index contributed by atoms with van der Waals surface area (Å²) < 4.78 is 6.05. The second kappa shape index (κ2) is 8.46. The van der Waals surface area contributed by atoms with Crippen molar-refractivity contribution in [3.8, 4) is 0 Å². The number of carbonyl (C=O) groups excluding carboxylic acids is 1. The predicted octanol–water partition coefficient (Wildman–Crippen LogP) is 3.70. The average Bonchev–Trinajstić information content (AvgIpc) is 2.52. The molecule has 1 aliphatic rings. The van der Waals surface area contributed by atoms with Gasteiger partial charge in [0.1, 0.15) is 0 Å². The Balaban J connectivity index is 1.88. The van der Waals surface area contributed by atoms with Gasteiger partial charge in [-0.25, -0.2) is 0 Å². The highest BCUT2D eigenvalue weighted by atomic mass is 16.5. The van der Waals surface area contributed by atoms with E-state index in [0.717, 1.165) is 30.0 Å². The van der Waals surface area contributed by atoms with Crippen molar-refractivity contribution >= 4 is 11.6 Å². The van der Waals surface area contributed by atoms with Gasteiger partial charge in [0.15, 0.2) is 0 Å². The lowest BCUT2D eigenvalue weighted by atomic mass is 9.89. The van der Waals surface area contributed by atoms with Gasteiger partial charge in [-0.1, -0.05) is 38.8 Å². The lowest BCUT2D eigenvalue weighted by Gasteiger charge is -2.26. The molecule has 128 valence electrons. The summed E-state index contributed by atoms with van der Waals surface area (Å²) in [6.45, 7) is 6.59. The normalized spacial score (nSPS) is 24.0. The third-order valence-corrected chi connectivity index (χ3v) is 4.77. The predicted molar refractivity (Wildman–Crippen MR) is 94.1 cm³/mol. The van der Waals surface area contributed by atoms with Crippen molar-refractivity contribution < 1.29 is 9.53 Å². The van der Waals surface area contributed by atoms with Crippen LogP contribution in [0.4, 0.5) is 5.69 Å². The molecule has 0 saturated heterocycles. The molecule has 1 aliphatic carbocycles. The van der Waals surface area contributed by atoms with Crippen molar-refractivity contribution in [2.75, 3.05) is 5.32 Å². The van der Waals surface area contributed by atoms with Gasteiger partial charge in [-0.05, 0) is 43.4 Å². The van der Waals surface area contributed by atoms with Crippen LogP contribution in [-0.4, -0.2) is 18.1 Å². The van der Waals surface area contributed by atoms with E-state index in [1.165, 1.54) is 12.8 Å². The summed E-state index contributed by atoms with van der Waals surface area (Å²) >= 11 is 0. The van der Waals surface area contributed by atoms with Gasteiger partial charge in [0.2, 0.25) is 5.91 Å². The lowest BCUT2D eigenvalue weighted by molar-refractivity contribution is -0.119. The number of nitrogens with two attached hydrogens (primary N) is 1. The van der Waals surface area contributed by atoms with Gasteiger partial charge in [0, 0.05) is 11.7 Å². The lowest BCUT2D eigenvalue weighted by Crippen LogP contribution is -2.34. The SMILES string of the molecule is CC1CCCC(OCc2cccc(NC(=O)C(C)C(C)N)c2)C1. The third kappa shape index (κ3) is 5.63. The van der Waals surface area contributed by atoms with E-state index in [0.29, 0.717) is 12.7 Å². The summed E-state index contributed by atoms with van der Waals surface area (Å²) in [7, 11) is 0. The number of carbonyl (C=O) groups is 1. The van der Waals surface area contributed by atoms with E-state index in [2.05, 4.69) is 12.2 Å². The van der Waals surface area contributed by atoms with Gasteiger partial charge < -0.3 is 15.8 Å². The molecule has 1 fully saturated rings. The zero-order valence-corrected chi connectivity index (χ0v) is 14.5. The molecule has 0 bridgehead atoms. The fourth-order valence-corrected chi connectivity index (χ4v) is 2.98. The van der Waals surface area contributed by atoms with Crippen LogP contribution in [0.25, 0.3) is 0 Å². The van der Waals surface area contributed by atoms with E-state index >= 15 is 0 Å². The second-order valence-electron chi connectivity index (χ2n) is 7.04. The summed E-state index contributed by atoms with van der Waals surface area (Å²) in [5.74, 6) is 0.511. The zero-order valence-electron chi connectivity index (χ0n) is 14.5. The molecule has 4 heteroatoms. The van der Waals surface area contributed by atoms with Crippen molar-refractivity contribution in [2.24, 2.45) is 17.6 Å². The Bertz CT molecular complexity index is 516. The minimum atomic E-state index is -0.210. The van der Waals surface area contributed by atoms with E-state index in [-0.39, 0.29) is 17.9 Å². The number of nitrogens with one attached hydrogen (secondary N) is 1. The van der Waals surface area contributed by atoms with Crippen LogP contribution in [0, 0.1) is 11.8 Å². The maximum atomic E-state index is 12.1. The van der Waals surface area contributed by atoms with E-state index < -0.39 is 0 Å². The van der Waals surface area contributed by atoms with Crippen LogP contribution < -0.4 is 11.1 Å². The smallest absolute Gasteiger partial charge is 0.228 e. The van der Waals surface area contributed by atoms with E-state index in [1.54, 1.807) is 0 Å². The summed E-state index contributed by atoms with van der Waals surface area (Å²) in [4.78, 5) is 12.1. The van der Waals surface area contributed by atoms with Crippen LogP contribution in [0.2, 0.25) is 0 Å². The molecule has 0 heterocycles. The van der Waals surface area contributed by atoms with Crippen molar-refractivity contribution in [1.82, 2.24) is 0 Å². The van der Waals surface area contributed by atoms with E-state index in [9.17, 15) is 4.79 Å². The maximum absolute atomic E-state index is 12.1. The summed E-state index contributed by atoms with van der Waals surface area (Å²) in [5.41, 5.74) is 7.68. The quantitative estimate of drug-likeness (QED) is 0.840. The number of anilines is 1. The Labute approximate surface area is 139 Å². The van der Waals surface area contributed by atoms with E-state index in [4.69, 9.17) is 10.5 Å². The topological polar surface area (TPSA) is 64.3 Å². The van der Waals surface area contributed by atoms with Crippen LogP contribution in [0.3, 0.4) is 0 Å². The third-order valence-electron chi connectivity index (χ3n) is 4.77. The number of benzene rings is 1. The van der Waals surface area contributed by atoms with Gasteiger partial charge in [0.05, 0.1) is 18.6 Å². The molecule has 0 aromatic heterocycles. The first-order valence-corrected chi connectivity index (χ1v) is 8.72. The molecular weight excluding hydrogens is 288 g/mol. The van der Waals surface area contributed by atoms with Crippen molar-refractivity contribution in [3.05, 3.63) is 29.8 Å². The molecule has 0 aliphatic heterocycles. The first-order chi connectivity index (χ1) is 11.0. The standard InChI is InChI=1S/C19H30N2O2/c1-13-6-4-9-18(10-13)23-12-16-7-5-8-17(11-16)21-19(22)14(2)15(3)20/h5,7-8,11,13-15,18H,4,6,9-10,12,20H2,1-3H3,(H,21,22). The molecule has 1 aromatic carbocycles. The Morgan fingerprint density at radius 2 is 2.17 bits per heavy atom. The zero-order chi connectivity index (χ0) is 16.8. The highest BCUT2D eigenvalue weighted by molar-refractivity contribution is 5.92. The Kier molecular flexibility index (Phi) is 6.60. The molecule has 4 atom stereocenters. The van der Waals surface area contributed by atoms with Gasteiger partial charge >= 0.3 is 0 Å². The second-order valence-corrected chi connectivity index (χ2v) is 7.04. The van der Waals surface area contributed by atoms with Gasteiger partial charge in [0.25, 0.3) is 0 Å². The number of ether oxygens (including phenoxy) is 1. The van der Waals surface area contributed by atoms with Crippen LogP contribution in [0.5, 0.6) is 0 Å². The highest BCUT2D eigenvalue weighted by Gasteiger charge is 2.19. The fourth-order valence-electron chi connectivity index (χ4n) is 2.98. The van der Waals surface area contributed by atoms with Gasteiger partial charge in [-0.2, -0.15) is 0 Å². The van der Waals surface area contributed by atoms with Crippen molar-refractivity contribution in [2.45, 2.75) is 65.2 Å². The van der Waals surface area contributed by atoms with Gasteiger partial charge in [-0.3, -0.25) is 4.79 Å². The van der Waals surface area contributed by atoms with Gasteiger partial charge in [-0.15, -0.1) is 0 Å². The molecule has 1 saturated carbocycles. The summed E-state index contributed by atoms with van der Waals surface area (Å²) in [6.07, 6.45) is 5.26. The molecule has 3 N–H and O–H groups in total. The summed E-state index contributed by atoms with van der Waals surface area (Å²) in [5, 5.41) is 2.93. The molecule has 4 unspecified atom stereocenters. The first-order valence-electron chi connectivity index (χ1n) is 8.72. The van der Waals surface area contributed by atoms with Crippen LogP contribution in [-0.2, 0) is 16.1 Å². The number of rotatable bonds is 6. The molecule has 23 heavy (non-hydrogen) atoms. The van der Waals surface area contributed by atoms with Crippen LogP contribution in [0.15, 0.2) is 24.3 Å². The Morgan fingerprint density at radius 3 is 2.87 bits per heavy atom. The maximum Gasteiger partial charge on any atom is 0.228 e. The average molecular weight is 318 g/mol. The Hall–Kier alpha value is -1.39. The molecular formula is C19H30N2O2. The first kappa shape index (κ1) is 18.0. The highest BCUT2D eigenvalue weighted by Crippen LogP contribution is 2.26. The van der Waals surface area contributed by atoms with E-state index in [1.807, 2.05) is 38.1 Å². The molecule has 2 rings (SSSR count). The largest absolute Gasteiger partial charge is 0.374 e. The molecule has 0 spiro atoms. The molecule has 0 radical (unpaired) electrons. The molecule has 4 nitrogen and oxygen atoms in total. The molecule has 1 amide bonds. The fraction of sp³-hybridized carbons (Fsp3) is 0.632. The number of hydrogen-bond donors (Lipinski definition) is 2. The van der Waals surface area contributed by atoms with Crippen LogP contribution >= 0.6 is 0 Å². The molecule has 1 aromatic rings. The minimum absolute atomic E-state index is 0.0424. The van der Waals surface area contributed by atoms with Crippen molar-refractivity contribution in [3.63, 3.8) is 0 Å².